The Hall–Kier alpha value is -6.24. The van der Waals surface area contributed by atoms with Crippen LogP contribution in [-0.4, -0.2) is 0 Å². The van der Waals surface area contributed by atoms with E-state index in [1.165, 1.54) is 99.1 Å². The monoisotopic (exact) mass is 648 g/mol. The van der Waals surface area contributed by atoms with Crippen molar-refractivity contribution in [3.8, 4) is 55.6 Å². The summed E-state index contributed by atoms with van der Waals surface area (Å²) in [6.45, 7) is 4.75. The molecule has 0 saturated carbocycles. The van der Waals surface area contributed by atoms with Gasteiger partial charge in [0.15, 0.2) is 0 Å². The Morgan fingerprint density at radius 3 is 1.45 bits per heavy atom. The van der Waals surface area contributed by atoms with E-state index in [9.17, 15) is 0 Å². The average molecular weight is 649 g/mol. The molecule has 0 heterocycles. The molecule has 0 unspecified atom stereocenters. The van der Waals surface area contributed by atoms with Crippen LogP contribution in [0.2, 0.25) is 0 Å². The summed E-state index contributed by atoms with van der Waals surface area (Å²) in [6, 6.07) is 67.3. The lowest BCUT2D eigenvalue weighted by Crippen LogP contribution is -2.14. The molecule has 0 amide bonds. The van der Waals surface area contributed by atoms with Crippen molar-refractivity contribution in [2.75, 3.05) is 0 Å². The smallest absolute Gasteiger partial charge is 0.0159 e. The molecular weight excluding hydrogens is 613 g/mol. The zero-order chi connectivity index (χ0) is 34.1. The van der Waals surface area contributed by atoms with E-state index in [4.69, 9.17) is 0 Å². The Kier molecular flexibility index (Phi) is 6.63. The third-order valence-electron chi connectivity index (χ3n) is 11.2. The van der Waals surface area contributed by atoms with Gasteiger partial charge in [0.1, 0.15) is 0 Å². The van der Waals surface area contributed by atoms with Crippen LogP contribution in [-0.2, 0) is 5.41 Å². The van der Waals surface area contributed by atoms with Crippen LogP contribution < -0.4 is 0 Å². The minimum atomic E-state index is -0.0795. The van der Waals surface area contributed by atoms with Crippen LogP contribution in [0, 0.1) is 0 Å². The minimum Gasteiger partial charge on any atom is -0.0622 e. The normalized spacial score (nSPS) is 13.1. The quantitative estimate of drug-likeness (QED) is 0.167. The van der Waals surface area contributed by atoms with Crippen LogP contribution >= 0.6 is 0 Å². The SMILES string of the molecule is CC1(C)c2cc3ccccc3cc2-c2c(-c3cccc(-c4c5ccccc5c(-c5ccc(-c6ccccc6)cc5)c5ccccc45)c3)cccc21. The maximum atomic E-state index is 2.42. The van der Waals surface area contributed by atoms with Gasteiger partial charge in [0.05, 0.1) is 0 Å². The minimum absolute atomic E-state index is 0.0795. The molecule has 0 saturated heterocycles. The zero-order valence-corrected chi connectivity index (χ0v) is 28.8. The van der Waals surface area contributed by atoms with Crippen molar-refractivity contribution in [1.82, 2.24) is 0 Å². The fourth-order valence-electron chi connectivity index (χ4n) is 8.77. The van der Waals surface area contributed by atoms with Gasteiger partial charge in [-0.1, -0.05) is 178 Å². The number of hydrogen-bond donors (Lipinski definition) is 0. The molecule has 0 radical (unpaired) electrons. The summed E-state index contributed by atoms with van der Waals surface area (Å²) in [5.41, 5.74) is 15.5. The Bertz CT molecular complexity index is 2740. The van der Waals surface area contributed by atoms with Crippen molar-refractivity contribution in [1.29, 1.82) is 0 Å². The summed E-state index contributed by atoms with van der Waals surface area (Å²) in [6.07, 6.45) is 0. The van der Waals surface area contributed by atoms with Crippen LogP contribution in [0.25, 0.3) is 88.0 Å². The fourth-order valence-corrected chi connectivity index (χ4v) is 8.77. The number of hydrogen-bond acceptors (Lipinski definition) is 0. The summed E-state index contributed by atoms with van der Waals surface area (Å²) in [5.74, 6) is 0. The first kappa shape index (κ1) is 29.7. The predicted octanol–water partition coefficient (Wildman–Crippen LogP) is 14.1. The molecule has 0 heteroatoms. The zero-order valence-electron chi connectivity index (χ0n) is 28.8. The van der Waals surface area contributed by atoms with Crippen molar-refractivity contribution < 1.29 is 0 Å². The molecule has 240 valence electrons. The maximum absolute atomic E-state index is 2.42. The molecule has 9 aromatic carbocycles. The van der Waals surface area contributed by atoms with Crippen molar-refractivity contribution in [3.63, 3.8) is 0 Å². The summed E-state index contributed by atoms with van der Waals surface area (Å²) >= 11 is 0. The standard InChI is InChI=1S/C51H36/c1-51(2)46-25-13-24-40(50(46)45-31-36-16-6-7-17-37(36)32-47(45)51)38-18-12-19-39(30-38)49-43-22-10-8-20-41(43)48(42-21-9-11-23-44(42)49)35-28-26-34(27-29-35)33-14-4-3-5-15-33/h3-32H,1-2H3. The van der Waals surface area contributed by atoms with Gasteiger partial charge in [0.2, 0.25) is 0 Å². The highest BCUT2D eigenvalue weighted by Gasteiger charge is 2.37. The molecule has 1 aliphatic rings. The predicted molar refractivity (Wildman–Crippen MR) is 218 cm³/mol. The second-order valence-electron chi connectivity index (χ2n) is 14.5. The van der Waals surface area contributed by atoms with Gasteiger partial charge in [-0.05, 0) is 117 Å². The summed E-state index contributed by atoms with van der Waals surface area (Å²) in [5, 5.41) is 7.67. The van der Waals surface area contributed by atoms with Crippen molar-refractivity contribution in [2.24, 2.45) is 0 Å². The van der Waals surface area contributed by atoms with Gasteiger partial charge < -0.3 is 0 Å². The van der Waals surface area contributed by atoms with Gasteiger partial charge in [-0.25, -0.2) is 0 Å². The molecule has 1 aliphatic carbocycles. The highest BCUT2D eigenvalue weighted by molar-refractivity contribution is 6.21. The van der Waals surface area contributed by atoms with Crippen LogP contribution in [0.15, 0.2) is 182 Å². The lowest BCUT2D eigenvalue weighted by Gasteiger charge is -2.22. The van der Waals surface area contributed by atoms with E-state index in [2.05, 4.69) is 196 Å². The van der Waals surface area contributed by atoms with Crippen LogP contribution in [0.4, 0.5) is 0 Å². The molecule has 9 aromatic rings. The second kappa shape index (κ2) is 11.4. The first-order valence-electron chi connectivity index (χ1n) is 17.9. The second-order valence-corrected chi connectivity index (χ2v) is 14.5. The topological polar surface area (TPSA) is 0 Å². The van der Waals surface area contributed by atoms with Gasteiger partial charge in [-0.15, -0.1) is 0 Å². The van der Waals surface area contributed by atoms with Crippen molar-refractivity contribution in [3.05, 3.63) is 193 Å². The van der Waals surface area contributed by atoms with Gasteiger partial charge >= 0.3 is 0 Å². The molecule has 0 aromatic heterocycles. The molecule has 0 nitrogen and oxygen atoms in total. The third kappa shape index (κ3) is 4.60. The Morgan fingerprint density at radius 2 is 0.784 bits per heavy atom. The highest BCUT2D eigenvalue weighted by Crippen LogP contribution is 2.53. The van der Waals surface area contributed by atoms with Crippen LogP contribution in [0.1, 0.15) is 25.0 Å². The first-order chi connectivity index (χ1) is 25.1. The molecule has 10 rings (SSSR count). The summed E-state index contributed by atoms with van der Waals surface area (Å²) in [7, 11) is 0. The number of fused-ring (bicyclic) bond motifs is 6. The van der Waals surface area contributed by atoms with Crippen LogP contribution in [0.3, 0.4) is 0 Å². The molecule has 0 atom stereocenters. The van der Waals surface area contributed by atoms with Crippen molar-refractivity contribution in [2.45, 2.75) is 19.3 Å². The Morgan fingerprint density at radius 1 is 0.294 bits per heavy atom. The van der Waals surface area contributed by atoms with E-state index in [1.807, 2.05) is 0 Å². The van der Waals surface area contributed by atoms with Gasteiger partial charge in [-0.2, -0.15) is 0 Å². The van der Waals surface area contributed by atoms with Gasteiger partial charge in [0.25, 0.3) is 0 Å². The van der Waals surface area contributed by atoms with E-state index < -0.39 is 0 Å². The molecule has 0 N–H and O–H groups in total. The number of rotatable bonds is 4. The molecule has 0 fully saturated rings. The fraction of sp³-hybridized carbons (Fsp3) is 0.0588. The van der Waals surface area contributed by atoms with E-state index in [-0.39, 0.29) is 5.41 Å². The largest absolute Gasteiger partial charge is 0.0622 e. The lowest BCUT2D eigenvalue weighted by atomic mass is 9.81. The van der Waals surface area contributed by atoms with E-state index in [0.717, 1.165) is 0 Å². The highest BCUT2D eigenvalue weighted by atomic mass is 14.4. The van der Waals surface area contributed by atoms with Crippen LogP contribution in [0.5, 0.6) is 0 Å². The molecular formula is C51H36. The average Bonchev–Trinajstić information content (AvgIpc) is 3.41. The summed E-state index contributed by atoms with van der Waals surface area (Å²) < 4.78 is 0. The Balaban J connectivity index is 1.17. The lowest BCUT2D eigenvalue weighted by molar-refractivity contribution is 0.661. The third-order valence-corrected chi connectivity index (χ3v) is 11.2. The Labute approximate surface area is 299 Å². The molecule has 0 aliphatic heterocycles. The van der Waals surface area contributed by atoms with Gasteiger partial charge in [0, 0.05) is 5.41 Å². The maximum Gasteiger partial charge on any atom is 0.0159 e. The molecule has 0 spiro atoms. The van der Waals surface area contributed by atoms with Gasteiger partial charge in [-0.3, -0.25) is 0 Å². The van der Waals surface area contributed by atoms with Crippen molar-refractivity contribution >= 4 is 32.3 Å². The summed E-state index contributed by atoms with van der Waals surface area (Å²) in [4.78, 5) is 0. The van der Waals surface area contributed by atoms with E-state index in [0.29, 0.717) is 0 Å². The first-order valence-corrected chi connectivity index (χ1v) is 17.9. The molecule has 51 heavy (non-hydrogen) atoms. The van der Waals surface area contributed by atoms with E-state index >= 15 is 0 Å². The number of benzene rings is 9. The van der Waals surface area contributed by atoms with E-state index in [1.54, 1.807) is 0 Å². The molecule has 0 bridgehead atoms.